The van der Waals surface area contributed by atoms with Crippen molar-refractivity contribution in [2.45, 2.75) is 44.6 Å². The fourth-order valence-electron chi connectivity index (χ4n) is 1.70. The molecule has 114 valence electrons. The monoisotopic (exact) mass is 364 g/mol. The number of hydrogen-bond donors (Lipinski definition) is 3. The molecule has 1 atom stereocenters. The van der Waals surface area contributed by atoms with Crippen LogP contribution in [0.2, 0.25) is 0 Å². The summed E-state index contributed by atoms with van der Waals surface area (Å²) in [5.74, 6) is 5.97. The van der Waals surface area contributed by atoms with Gasteiger partial charge in [-0.1, -0.05) is 13.8 Å². The average molecular weight is 365 g/mol. The summed E-state index contributed by atoms with van der Waals surface area (Å²) in [6, 6.07) is 1.33. The molecule has 0 saturated carbocycles. The summed E-state index contributed by atoms with van der Waals surface area (Å²) in [6.07, 6.45) is 3.22. The largest absolute Gasteiger partial charge is 0.307 e. The number of aromatic nitrogens is 1. The standard InChI is InChI=1S/C12H21BrN4O2S/c1-8(2)4-5-9(3)17-20(18,19)11-6-10(13)7-15-12(11)16-14/h6-9,17H,4-5,14H2,1-3H3,(H,15,16). The smallest absolute Gasteiger partial charge is 0.244 e. The Labute approximate surface area is 128 Å². The molecule has 0 saturated heterocycles. The number of nitrogens with zero attached hydrogens (tertiary/aromatic N) is 1. The van der Waals surface area contributed by atoms with E-state index in [9.17, 15) is 8.42 Å². The van der Waals surface area contributed by atoms with Crippen LogP contribution in [-0.2, 0) is 10.0 Å². The number of pyridine rings is 1. The molecule has 20 heavy (non-hydrogen) atoms. The van der Waals surface area contributed by atoms with Gasteiger partial charge in [0.1, 0.15) is 4.90 Å². The third-order valence-corrected chi connectivity index (χ3v) is 4.82. The minimum Gasteiger partial charge on any atom is -0.307 e. The van der Waals surface area contributed by atoms with Crippen LogP contribution >= 0.6 is 15.9 Å². The van der Waals surface area contributed by atoms with Gasteiger partial charge in [0.05, 0.1) is 0 Å². The van der Waals surface area contributed by atoms with Gasteiger partial charge < -0.3 is 5.43 Å². The molecule has 4 N–H and O–H groups in total. The van der Waals surface area contributed by atoms with Crippen LogP contribution in [0.15, 0.2) is 21.6 Å². The summed E-state index contributed by atoms with van der Waals surface area (Å²) in [5.41, 5.74) is 2.30. The highest BCUT2D eigenvalue weighted by Crippen LogP contribution is 2.22. The van der Waals surface area contributed by atoms with Crippen LogP contribution in [-0.4, -0.2) is 19.4 Å². The fourth-order valence-corrected chi connectivity index (χ4v) is 3.61. The number of rotatable bonds is 7. The van der Waals surface area contributed by atoms with Gasteiger partial charge in [0.15, 0.2) is 5.82 Å². The molecular weight excluding hydrogens is 344 g/mol. The highest BCUT2D eigenvalue weighted by molar-refractivity contribution is 9.10. The number of halogens is 1. The van der Waals surface area contributed by atoms with Crippen molar-refractivity contribution in [3.05, 3.63) is 16.7 Å². The molecule has 1 heterocycles. The van der Waals surface area contributed by atoms with Gasteiger partial charge >= 0.3 is 0 Å². The van der Waals surface area contributed by atoms with Crippen LogP contribution in [0.5, 0.6) is 0 Å². The number of nitrogens with two attached hydrogens (primary N) is 1. The quantitative estimate of drug-likeness (QED) is 0.509. The zero-order chi connectivity index (χ0) is 15.3. The van der Waals surface area contributed by atoms with Crippen molar-refractivity contribution in [3.63, 3.8) is 0 Å². The predicted molar refractivity (Wildman–Crippen MR) is 83.6 cm³/mol. The Balaban J connectivity index is 2.91. The van der Waals surface area contributed by atoms with Crippen molar-refractivity contribution >= 4 is 31.8 Å². The summed E-state index contributed by atoms with van der Waals surface area (Å²) in [5, 5.41) is 0. The van der Waals surface area contributed by atoms with E-state index in [1.54, 1.807) is 0 Å². The topological polar surface area (TPSA) is 97.1 Å². The van der Waals surface area contributed by atoms with Crippen molar-refractivity contribution in [2.75, 3.05) is 5.43 Å². The molecule has 1 aromatic rings. The van der Waals surface area contributed by atoms with E-state index in [1.165, 1.54) is 12.3 Å². The van der Waals surface area contributed by atoms with Gasteiger partial charge in [-0.3, -0.25) is 0 Å². The highest BCUT2D eigenvalue weighted by atomic mass is 79.9. The molecule has 0 bridgehead atoms. The molecule has 1 aromatic heterocycles. The van der Waals surface area contributed by atoms with Crippen LogP contribution in [0.25, 0.3) is 0 Å². The molecule has 1 rings (SSSR count). The minimum absolute atomic E-state index is 0.0331. The molecule has 0 aliphatic rings. The van der Waals surface area contributed by atoms with E-state index in [1.807, 2.05) is 6.92 Å². The van der Waals surface area contributed by atoms with Crippen LogP contribution in [0, 0.1) is 5.92 Å². The molecule has 0 spiro atoms. The first kappa shape index (κ1) is 17.4. The summed E-state index contributed by atoms with van der Waals surface area (Å²) in [7, 11) is -3.66. The fraction of sp³-hybridized carbons (Fsp3) is 0.583. The third-order valence-electron chi connectivity index (χ3n) is 2.78. The first-order valence-electron chi connectivity index (χ1n) is 6.40. The maximum Gasteiger partial charge on any atom is 0.244 e. The van der Waals surface area contributed by atoms with E-state index in [-0.39, 0.29) is 16.8 Å². The van der Waals surface area contributed by atoms with Crippen LogP contribution in [0.4, 0.5) is 5.82 Å². The van der Waals surface area contributed by atoms with Gasteiger partial charge in [-0.15, -0.1) is 0 Å². The second-order valence-electron chi connectivity index (χ2n) is 5.14. The van der Waals surface area contributed by atoms with Crippen LogP contribution < -0.4 is 16.0 Å². The number of hydrazine groups is 1. The van der Waals surface area contributed by atoms with E-state index in [2.05, 4.69) is 44.9 Å². The van der Waals surface area contributed by atoms with E-state index in [4.69, 9.17) is 5.84 Å². The SMILES string of the molecule is CC(C)CCC(C)NS(=O)(=O)c1cc(Br)cnc1NN. The Morgan fingerprint density at radius 1 is 1.35 bits per heavy atom. The predicted octanol–water partition coefficient (Wildman–Crippen LogP) is 2.23. The molecule has 8 heteroatoms. The molecule has 0 fully saturated rings. The molecule has 0 aromatic carbocycles. The Morgan fingerprint density at radius 2 is 2.00 bits per heavy atom. The number of hydrogen-bond acceptors (Lipinski definition) is 5. The van der Waals surface area contributed by atoms with E-state index in [0.717, 1.165) is 12.8 Å². The number of anilines is 1. The van der Waals surface area contributed by atoms with Crippen molar-refractivity contribution in [2.24, 2.45) is 11.8 Å². The number of nitrogens with one attached hydrogen (secondary N) is 2. The molecule has 0 radical (unpaired) electrons. The van der Waals surface area contributed by atoms with Gasteiger partial charge in [-0.05, 0) is 47.7 Å². The first-order valence-corrected chi connectivity index (χ1v) is 8.68. The lowest BCUT2D eigenvalue weighted by Gasteiger charge is -2.16. The van der Waals surface area contributed by atoms with Crippen molar-refractivity contribution in [1.29, 1.82) is 0 Å². The van der Waals surface area contributed by atoms with E-state index >= 15 is 0 Å². The zero-order valence-corrected chi connectivity index (χ0v) is 14.3. The lowest BCUT2D eigenvalue weighted by atomic mass is 10.1. The normalized spacial score (nSPS) is 13.5. The number of sulfonamides is 1. The van der Waals surface area contributed by atoms with Gasteiger partial charge in [0, 0.05) is 16.7 Å². The van der Waals surface area contributed by atoms with Crippen molar-refractivity contribution in [1.82, 2.24) is 9.71 Å². The Hall–Kier alpha value is -0.700. The van der Waals surface area contributed by atoms with Gasteiger partial charge in [0.25, 0.3) is 0 Å². The Kier molecular flexibility index (Phi) is 6.38. The zero-order valence-electron chi connectivity index (χ0n) is 11.9. The molecular formula is C12H21BrN4O2S. The number of nitrogen functional groups attached to an aromatic ring is 1. The van der Waals surface area contributed by atoms with Gasteiger partial charge in [0.2, 0.25) is 10.0 Å². The Morgan fingerprint density at radius 3 is 2.55 bits per heavy atom. The molecule has 1 unspecified atom stereocenters. The van der Waals surface area contributed by atoms with Crippen LogP contribution in [0.3, 0.4) is 0 Å². The summed E-state index contributed by atoms with van der Waals surface area (Å²) in [4.78, 5) is 3.98. The van der Waals surface area contributed by atoms with Crippen molar-refractivity contribution < 1.29 is 8.42 Å². The average Bonchev–Trinajstić information content (AvgIpc) is 2.36. The van der Waals surface area contributed by atoms with Crippen LogP contribution in [0.1, 0.15) is 33.6 Å². The third kappa shape index (κ3) is 5.01. The molecule has 0 aliphatic carbocycles. The van der Waals surface area contributed by atoms with E-state index < -0.39 is 10.0 Å². The summed E-state index contributed by atoms with van der Waals surface area (Å²) < 4.78 is 27.9. The second kappa shape index (κ2) is 7.35. The summed E-state index contributed by atoms with van der Waals surface area (Å²) >= 11 is 3.21. The lowest BCUT2D eigenvalue weighted by Crippen LogP contribution is -2.33. The Bertz CT molecular complexity index is 548. The molecule has 6 nitrogen and oxygen atoms in total. The minimum atomic E-state index is -3.66. The first-order chi connectivity index (χ1) is 9.26. The van der Waals surface area contributed by atoms with Crippen molar-refractivity contribution in [3.8, 4) is 0 Å². The maximum atomic E-state index is 12.4. The lowest BCUT2D eigenvalue weighted by molar-refractivity contribution is 0.485. The summed E-state index contributed by atoms with van der Waals surface area (Å²) in [6.45, 7) is 6.06. The van der Waals surface area contributed by atoms with E-state index in [0.29, 0.717) is 10.4 Å². The van der Waals surface area contributed by atoms with Gasteiger partial charge in [-0.25, -0.2) is 24.0 Å². The second-order valence-corrected chi connectivity index (χ2v) is 7.74. The maximum absolute atomic E-state index is 12.4. The van der Waals surface area contributed by atoms with Gasteiger partial charge in [-0.2, -0.15) is 0 Å². The molecule has 0 amide bonds. The molecule has 0 aliphatic heterocycles. The highest BCUT2D eigenvalue weighted by Gasteiger charge is 2.22.